The third kappa shape index (κ3) is 3.64. The van der Waals surface area contributed by atoms with Gasteiger partial charge in [-0.05, 0) is 73.6 Å². The first kappa shape index (κ1) is 23.5. The molecule has 2 N–H and O–H groups in total. The van der Waals surface area contributed by atoms with Gasteiger partial charge in [0.2, 0.25) is 0 Å². The van der Waals surface area contributed by atoms with Crippen molar-refractivity contribution < 1.29 is 24.5 Å². The summed E-state index contributed by atoms with van der Waals surface area (Å²) in [6, 6.07) is -0.782. The Kier molecular flexibility index (Phi) is 6.34. The molecular weight excluding hydrogens is 410 g/mol. The summed E-state index contributed by atoms with van der Waals surface area (Å²) in [5.74, 6) is 0.438. The minimum Gasteiger partial charge on any atom is -0.461 e. The van der Waals surface area contributed by atoms with E-state index >= 15 is 0 Å². The fourth-order valence-electron chi connectivity index (χ4n) is 7.99. The van der Waals surface area contributed by atoms with Gasteiger partial charge in [0.25, 0.3) is 0 Å². The van der Waals surface area contributed by atoms with Gasteiger partial charge >= 0.3 is 5.97 Å². The summed E-state index contributed by atoms with van der Waals surface area (Å²) in [6.07, 6.45) is 4.26. The molecule has 4 fully saturated rings. The van der Waals surface area contributed by atoms with Gasteiger partial charge in [-0.2, -0.15) is 0 Å². The average Bonchev–Trinajstić information content (AvgIpc) is 3.06. The van der Waals surface area contributed by atoms with Crippen LogP contribution in [0.15, 0.2) is 5.11 Å². The van der Waals surface area contributed by atoms with Gasteiger partial charge in [-0.3, -0.25) is 9.59 Å². The van der Waals surface area contributed by atoms with Gasteiger partial charge < -0.3 is 14.9 Å². The second kappa shape index (κ2) is 8.62. The molecule has 0 aromatic carbocycles. The normalized spacial score (nSPS) is 46.3. The van der Waals surface area contributed by atoms with Crippen LogP contribution >= 0.6 is 0 Å². The fourth-order valence-corrected chi connectivity index (χ4v) is 7.99. The molecule has 8 heteroatoms. The highest BCUT2D eigenvalue weighted by Crippen LogP contribution is 2.65. The van der Waals surface area contributed by atoms with Gasteiger partial charge in [0, 0.05) is 22.7 Å². The molecule has 4 saturated carbocycles. The molecule has 0 bridgehead atoms. The lowest BCUT2D eigenvalue weighted by molar-refractivity contribution is -0.180. The van der Waals surface area contributed by atoms with Crippen LogP contribution in [0.25, 0.3) is 10.4 Å². The molecule has 178 valence electrons. The molecule has 0 aliphatic heterocycles. The topological polar surface area (TPSA) is 133 Å². The van der Waals surface area contributed by atoms with Crippen LogP contribution in [-0.2, 0) is 14.3 Å². The third-order valence-corrected chi connectivity index (χ3v) is 9.67. The first-order valence-electron chi connectivity index (χ1n) is 12.3. The van der Waals surface area contributed by atoms with Gasteiger partial charge in [-0.1, -0.05) is 32.3 Å². The monoisotopic (exact) mass is 447 g/mol. The Bertz CT molecular complexity index is 813. The minimum atomic E-state index is -0.815. The van der Waals surface area contributed by atoms with Crippen LogP contribution in [0.2, 0.25) is 0 Å². The molecule has 0 heterocycles. The van der Waals surface area contributed by atoms with Crippen molar-refractivity contribution >= 4 is 11.8 Å². The average molecular weight is 448 g/mol. The zero-order chi connectivity index (χ0) is 23.3. The number of ketones is 1. The number of hydrogen-bond donors (Lipinski definition) is 2. The quantitative estimate of drug-likeness (QED) is 0.285. The third-order valence-electron chi connectivity index (χ3n) is 9.67. The van der Waals surface area contributed by atoms with Crippen LogP contribution < -0.4 is 0 Å². The predicted octanol–water partition coefficient (Wildman–Crippen LogP) is 3.93. The fraction of sp³-hybridized carbons (Fsp3) is 0.917. The van der Waals surface area contributed by atoms with Crippen LogP contribution in [0.3, 0.4) is 0 Å². The van der Waals surface area contributed by atoms with E-state index in [0.29, 0.717) is 31.6 Å². The van der Waals surface area contributed by atoms with E-state index < -0.39 is 24.2 Å². The van der Waals surface area contributed by atoms with Crippen LogP contribution in [0.4, 0.5) is 0 Å². The molecule has 4 aliphatic rings. The number of carbonyl (C=O) groups excluding carboxylic acids is 2. The second-order valence-electron chi connectivity index (χ2n) is 11.2. The van der Waals surface area contributed by atoms with Crippen molar-refractivity contribution in [3.05, 3.63) is 10.4 Å². The number of azide groups is 1. The SMILES string of the molecule is CCCC(N=[N+]=[N-])C(=O)O[C@H]1CC[C@H]2[C@@H]3CC(=O)[C@H]4C[C@H](O)[C@H](O)C[C@]4(C)[C@H]3CC[C@]12C. The number of Topliss-reactive ketones (excluding diaryl/α,β-unsaturated/α-hetero) is 1. The zero-order valence-electron chi connectivity index (χ0n) is 19.4. The van der Waals surface area contributed by atoms with Gasteiger partial charge in [0.05, 0.1) is 12.2 Å². The van der Waals surface area contributed by atoms with E-state index in [9.17, 15) is 19.8 Å². The number of rotatable bonds is 5. The summed E-state index contributed by atoms with van der Waals surface area (Å²) < 4.78 is 5.96. The highest BCUT2D eigenvalue weighted by atomic mass is 16.5. The van der Waals surface area contributed by atoms with E-state index in [0.717, 1.165) is 32.1 Å². The van der Waals surface area contributed by atoms with Crippen LogP contribution in [-0.4, -0.2) is 46.3 Å². The van der Waals surface area contributed by atoms with Crippen LogP contribution in [0.5, 0.6) is 0 Å². The van der Waals surface area contributed by atoms with Crippen molar-refractivity contribution in [3.8, 4) is 0 Å². The maximum absolute atomic E-state index is 13.2. The lowest BCUT2D eigenvalue weighted by Gasteiger charge is -2.60. The summed E-state index contributed by atoms with van der Waals surface area (Å²) in [7, 11) is 0. The Hall–Kier alpha value is -1.63. The predicted molar refractivity (Wildman–Crippen MR) is 117 cm³/mol. The van der Waals surface area contributed by atoms with Crippen molar-refractivity contribution in [1.29, 1.82) is 0 Å². The van der Waals surface area contributed by atoms with Crippen molar-refractivity contribution in [3.63, 3.8) is 0 Å². The molecule has 0 aromatic rings. The summed E-state index contributed by atoms with van der Waals surface area (Å²) in [5, 5.41) is 24.3. The maximum atomic E-state index is 13.2. The molecule has 4 rings (SSSR count). The summed E-state index contributed by atoms with van der Waals surface area (Å²) in [4.78, 5) is 28.8. The number of hydrogen-bond acceptors (Lipinski definition) is 6. The Balaban J connectivity index is 1.54. The summed E-state index contributed by atoms with van der Waals surface area (Å²) in [6.45, 7) is 6.28. The van der Waals surface area contributed by atoms with Gasteiger partial charge in [-0.15, -0.1) is 0 Å². The maximum Gasteiger partial charge on any atom is 0.315 e. The number of carbonyl (C=O) groups is 2. The molecule has 1 unspecified atom stereocenters. The lowest BCUT2D eigenvalue weighted by Crippen LogP contribution is -2.59. The number of fused-ring (bicyclic) bond motifs is 5. The van der Waals surface area contributed by atoms with Gasteiger partial charge in [-0.25, -0.2) is 0 Å². The standard InChI is InChI=1S/C24H37N3O5/c1-4-5-17(26-27-25)22(31)32-21-7-6-14-13-10-18(28)16-11-19(29)20(30)12-24(16,3)15(13)8-9-23(14,21)2/h13-17,19-21,29-30H,4-12H2,1-3H3/t13-,14-,15-,16+,17?,19-,20+,21-,23-,24+/m0/s1. The number of aliphatic hydroxyl groups excluding tert-OH is 2. The van der Waals surface area contributed by atoms with Crippen molar-refractivity contribution in [2.24, 2.45) is 39.6 Å². The van der Waals surface area contributed by atoms with E-state index in [4.69, 9.17) is 10.3 Å². The Morgan fingerprint density at radius 3 is 2.62 bits per heavy atom. The zero-order valence-corrected chi connectivity index (χ0v) is 19.4. The molecular formula is C24H37N3O5. The highest BCUT2D eigenvalue weighted by molar-refractivity contribution is 5.83. The highest BCUT2D eigenvalue weighted by Gasteiger charge is 2.63. The van der Waals surface area contributed by atoms with Gasteiger partial charge in [0.15, 0.2) is 0 Å². The molecule has 10 atom stereocenters. The van der Waals surface area contributed by atoms with Crippen LogP contribution in [0.1, 0.15) is 78.6 Å². The smallest absolute Gasteiger partial charge is 0.315 e. The van der Waals surface area contributed by atoms with Crippen molar-refractivity contribution in [1.82, 2.24) is 0 Å². The molecule has 4 aliphatic carbocycles. The van der Waals surface area contributed by atoms with Crippen molar-refractivity contribution in [2.45, 2.75) is 103 Å². The molecule has 0 spiro atoms. The lowest BCUT2D eigenvalue weighted by atomic mass is 9.44. The molecule has 0 amide bonds. The number of nitrogens with zero attached hydrogens (tertiary/aromatic N) is 3. The molecule has 0 aromatic heterocycles. The van der Waals surface area contributed by atoms with E-state index in [-0.39, 0.29) is 40.5 Å². The van der Waals surface area contributed by atoms with E-state index in [1.54, 1.807) is 0 Å². The van der Waals surface area contributed by atoms with E-state index in [1.165, 1.54) is 0 Å². The van der Waals surface area contributed by atoms with Gasteiger partial charge in [0.1, 0.15) is 17.9 Å². The Morgan fingerprint density at radius 2 is 1.94 bits per heavy atom. The second-order valence-corrected chi connectivity index (χ2v) is 11.2. The molecule has 0 saturated heterocycles. The van der Waals surface area contributed by atoms with E-state index in [1.807, 2.05) is 6.92 Å². The number of aliphatic hydroxyl groups is 2. The number of ether oxygens (including phenoxy) is 1. The first-order chi connectivity index (χ1) is 15.2. The summed E-state index contributed by atoms with van der Waals surface area (Å²) in [5.41, 5.74) is 8.32. The van der Waals surface area contributed by atoms with E-state index in [2.05, 4.69) is 23.9 Å². The molecule has 0 radical (unpaired) electrons. The summed E-state index contributed by atoms with van der Waals surface area (Å²) >= 11 is 0. The number of esters is 1. The largest absolute Gasteiger partial charge is 0.461 e. The minimum absolute atomic E-state index is 0.180. The molecule has 32 heavy (non-hydrogen) atoms. The Morgan fingerprint density at radius 1 is 1.22 bits per heavy atom. The Labute approximate surface area is 189 Å². The first-order valence-corrected chi connectivity index (χ1v) is 12.3. The molecule has 8 nitrogen and oxygen atoms in total. The van der Waals surface area contributed by atoms with Crippen LogP contribution in [0, 0.1) is 34.5 Å². The van der Waals surface area contributed by atoms with Crippen molar-refractivity contribution in [2.75, 3.05) is 0 Å².